The first-order chi connectivity index (χ1) is 15.0. The molecule has 4 heterocycles. The van der Waals surface area contributed by atoms with Gasteiger partial charge in [-0.1, -0.05) is 23.4 Å². The number of aromatic nitrogens is 3. The molecule has 0 N–H and O–H groups in total. The van der Waals surface area contributed by atoms with Crippen LogP contribution in [0.1, 0.15) is 40.2 Å². The van der Waals surface area contributed by atoms with E-state index < -0.39 is 0 Å². The van der Waals surface area contributed by atoms with Crippen LogP contribution in [-0.2, 0) is 11.3 Å². The summed E-state index contributed by atoms with van der Waals surface area (Å²) in [4.78, 5) is 17.0. The minimum absolute atomic E-state index is 0.0245. The van der Waals surface area contributed by atoms with Crippen molar-refractivity contribution in [3.05, 3.63) is 53.2 Å². The first kappa shape index (κ1) is 19.9. The van der Waals surface area contributed by atoms with Crippen LogP contribution >= 0.6 is 0 Å². The molecule has 162 valence electrons. The summed E-state index contributed by atoms with van der Waals surface area (Å²) in [5.74, 6) is 1.66. The van der Waals surface area contributed by atoms with Crippen molar-refractivity contribution < 1.29 is 18.5 Å². The standard InChI is InChI=1S/C22H25N5O4/c1-14-16(10-29-3)18(25-31-14)21(28)27-12-22(13-27)9-17(26(2)11-22)20-24-23-19(30-20)15-7-5-4-6-8-15/h4-8,17H,9-13H2,1-3H3. The van der Waals surface area contributed by atoms with Crippen LogP contribution in [0, 0.1) is 12.3 Å². The topological polar surface area (TPSA) is 97.7 Å². The lowest BCUT2D eigenvalue weighted by Crippen LogP contribution is -2.59. The number of carbonyl (C=O) groups is 1. The fourth-order valence-corrected chi connectivity index (χ4v) is 4.77. The molecule has 1 atom stereocenters. The molecular weight excluding hydrogens is 398 g/mol. The molecule has 0 radical (unpaired) electrons. The summed E-state index contributed by atoms with van der Waals surface area (Å²) in [6.45, 7) is 4.31. The Bertz CT molecular complexity index is 1090. The van der Waals surface area contributed by atoms with Gasteiger partial charge in [-0.3, -0.25) is 9.69 Å². The van der Waals surface area contributed by atoms with Crippen LogP contribution in [0.2, 0.25) is 0 Å². The van der Waals surface area contributed by atoms with E-state index >= 15 is 0 Å². The molecule has 2 aliphatic rings. The smallest absolute Gasteiger partial charge is 0.276 e. The number of amides is 1. The molecule has 31 heavy (non-hydrogen) atoms. The molecule has 1 aromatic carbocycles. The van der Waals surface area contributed by atoms with Crippen LogP contribution in [0.5, 0.6) is 0 Å². The average Bonchev–Trinajstić information content (AvgIpc) is 3.45. The van der Waals surface area contributed by atoms with Gasteiger partial charge < -0.3 is 18.6 Å². The van der Waals surface area contributed by atoms with Crippen LogP contribution in [0.4, 0.5) is 0 Å². The Balaban J connectivity index is 1.27. The summed E-state index contributed by atoms with van der Waals surface area (Å²) < 4.78 is 16.4. The molecule has 5 rings (SSSR count). The maximum Gasteiger partial charge on any atom is 0.276 e. The highest BCUT2D eigenvalue weighted by Gasteiger charge is 2.53. The lowest BCUT2D eigenvalue weighted by atomic mass is 9.77. The maximum atomic E-state index is 13.0. The molecule has 0 aliphatic carbocycles. The third kappa shape index (κ3) is 3.43. The zero-order valence-electron chi connectivity index (χ0n) is 17.9. The summed E-state index contributed by atoms with van der Waals surface area (Å²) in [5.41, 5.74) is 2.00. The monoisotopic (exact) mass is 423 g/mol. The highest BCUT2D eigenvalue weighted by molar-refractivity contribution is 5.94. The lowest BCUT2D eigenvalue weighted by molar-refractivity contribution is 0.0105. The fourth-order valence-electron chi connectivity index (χ4n) is 4.77. The Morgan fingerprint density at radius 3 is 2.74 bits per heavy atom. The molecule has 3 aromatic rings. The SMILES string of the molecule is COCc1c(C(=O)N2CC3(CC(c4nnc(-c5ccccc5)o4)N(C)C3)C2)noc1C. The average molecular weight is 423 g/mol. The van der Waals surface area contributed by atoms with Crippen molar-refractivity contribution in [3.63, 3.8) is 0 Å². The summed E-state index contributed by atoms with van der Waals surface area (Å²) >= 11 is 0. The Kier molecular flexibility index (Phi) is 4.86. The minimum Gasteiger partial charge on any atom is -0.419 e. The number of benzene rings is 1. The summed E-state index contributed by atoms with van der Waals surface area (Å²) in [6, 6.07) is 9.80. The van der Waals surface area contributed by atoms with Crippen molar-refractivity contribution >= 4 is 5.91 Å². The molecule has 9 heteroatoms. The van der Waals surface area contributed by atoms with Gasteiger partial charge in [0, 0.05) is 37.7 Å². The first-order valence-electron chi connectivity index (χ1n) is 10.3. The number of nitrogens with zero attached hydrogens (tertiary/aromatic N) is 5. The number of carbonyl (C=O) groups excluding carboxylic acids is 1. The molecular formula is C22H25N5O4. The van der Waals surface area contributed by atoms with Crippen molar-refractivity contribution in [2.75, 3.05) is 33.8 Å². The van der Waals surface area contributed by atoms with E-state index in [-0.39, 0.29) is 17.4 Å². The zero-order valence-corrected chi connectivity index (χ0v) is 17.9. The summed E-state index contributed by atoms with van der Waals surface area (Å²) in [7, 11) is 3.66. The van der Waals surface area contributed by atoms with E-state index in [1.807, 2.05) is 35.2 Å². The van der Waals surface area contributed by atoms with Gasteiger partial charge >= 0.3 is 0 Å². The van der Waals surface area contributed by atoms with Gasteiger partial charge in [0.25, 0.3) is 5.91 Å². The van der Waals surface area contributed by atoms with Gasteiger partial charge in [0.15, 0.2) is 5.69 Å². The predicted octanol–water partition coefficient (Wildman–Crippen LogP) is 2.70. The predicted molar refractivity (Wildman–Crippen MR) is 110 cm³/mol. The van der Waals surface area contributed by atoms with E-state index in [4.69, 9.17) is 13.7 Å². The van der Waals surface area contributed by atoms with E-state index in [9.17, 15) is 4.79 Å². The molecule has 2 aromatic heterocycles. The molecule has 2 fully saturated rings. The van der Waals surface area contributed by atoms with E-state index in [2.05, 4.69) is 27.3 Å². The third-order valence-electron chi connectivity index (χ3n) is 6.31. The lowest BCUT2D eigenvalue weighted by Gasteiger charge is -2.47. The highest BCUT2D eigenvalue weighted by Crippen LogP contribution is 2.48. The Labute approximate surface area is 180 Å². The van der Waals surface area contributed by atoms with Crippen LogP contribution in [0.25, 0.3) is 11.5 Å². The van der Waals surface area contributed by atoms with Gasteiger partial charge in [0.05, 0.1) is 18.2 Å². The second-order valence-electron chi connectivity index (χ2n) is 8.61. The first-order valence-corrected chi connectivity index (χ1v) is 10.3. The number of ether oxygens (including phenoxy) is 1. The number of hydrogen-bond acceptors (Lipinski definition) is 8. The van der Waals surface area contributed by atoms with Crippen molar-refractivity contribution in [3.8, 4) is 11.5 Å². The molecule has 2 aliphatic heterocycles. The number of rotatable bonds is 5. The van der Waals surface area contributed by atoms with E-state index in [1.54, 1.807) is 14.0 Å². The fraction of sp³-hybridized carbons (Fsp3) is 0.455. The maximum absolute atomic E-state index is 13.0. The number of hydrogen-bond donors (Lipinski definition) is 0. The Hall–Kier alpha value is -3.04. The molecule has 1 spiro atoms. The quantitative estimate of drug-likeness (QED) is 0.618. The third-order valence-corrected chi connectivity index (χ3v) is 6.31. The molecule has 0 bridgehead atoms. The molecule has 0 saturated carbocycles. The van der Waals surface area contributed by atoms with Crippen molar-refractivity contribution in [1.29, 1.82) is 0 Å². The van der Waals surface area contributed by atoms with Crippen molar-refractivity contribution in [2.45, 2.75) is 26.0 Å². The van der Waals surface area contributed by atoms with Gasteiger partial charge in [0.2, 0.25) is 11.8 Å². The van der Waals surface area contributed by atoms with Gasteiger partial charge in [-0.15, -0.1) is 10.2 Å². The summed E-state index contributed by atoms with van der Waals surface area (Å²) in [5, 5.41) is 12.5. The van der Waals surface area contributed by atoms with Gasteiger partial charge in [-0.2, -0.15) is 0 Å². The molecule has 9 nitrogen and oxygen atoms in total. The number of methoxy groups -OCH3 is 1. The largest absolute Gasteiger partial charge is 0.419 e. The molecule has 1 unspecified atom stereocenters. The number of aryl methyl sites for hydroxylation is 1. The second-order valence-corrected chi connectivity index (χ2v) is 8.61. The summed E-state index contributed by atoms with van der Waals surface area (Å²) in [6.07, 6.45) is 0.868. The van der Waals surface area contributed by atoms with Gasteiger partial charge in [0.1, 0.15) is 5.76 Å². The van der Waals surface area contributed by atoms with Crippen LogP contribution in [0.3, 0.4) is 0 Å². The van der Waals surface area contributed by atoms with Crippen molar-refractivity contribution in [2.24, 2.45) is 5.41 Å². The molecule has 1 amide bonds. The van der Waals surface area contributed by atoms with E-state index in [0.717, 1.165) is 18.5 Å². The van der Waals surface area contributed by atoms with Crippen LogP contribution in [-0.4, -0.2) is 64.9 Å². The van der Waals surface area contributed by atoms with Crippen LogP contribution in [0.15, 0.2) is 39.3 Å². The zero-order chi connectivity index (χ0) is 21.6. The van der Waals surface area contributed by atoms with E-state index in [0.29, 0.717) is 48.5 Å². The normalized spacial score (nSPS) is 20.4. The Morgan fingerprint density at radius 1 is 1.23 bits per heavy atom. The minimum atomic E-state index is -0.107. The van der Waals surface area contributed by atoms with Crippen LogP contribution < -0.4 is 0 Å². The van der Waals surface area contributed by atoms with Gasteiger partial charge in [-0.05, 0) is 32.5 Å². The molecule has 2 saturated heterocycles. The highest BCUT2D eigenvalue weighted by atomic mass is 16.5. The van der Waals surface area contributed by atoms with Gasteiger partial charge in [-0.25, -0.2) is 0 Å². The van der Waals surface area contributed by atoms with E-state index in [1.165, 1.54) is 0 Å². The number of likely N-dealkylation sites (tertiary alicyclic amines) is 2. The van der Waals surface area contributed by atoms with Crippen molar-refractivity contribution in [1.82, 2.24) is 25.2 Å². The Morgan fingerprint density at radius 2 is 2.00 bits per heavy atom. The second kappa shape index (κ2) is 7.58.